The van der Waals surface area contributed by atoms with Crippen molar-refractivity contribution in [2.75, 3.05) is 0 Å². The van der Waals surface area contributed by atoms with Crippen LogP contribution in [0.1, 0.15) is 5.56 Å². The van der Waals surface area contributed by atoms with Gasteiger partial charge in [0, 0.05) is 12.6 Å². The van der Waals surface area contributed by atoms with Crippen molar-refractivity contribution in [1.29, 1.82) is 0 Å². The van der Waals surface area contributed by atoms with Gasteiger partial charge in [-0.15, -0.1) is 0 Å². The number of rotatable bonds is 1. The summed E-state index contributed by atoms with van der Waals surface area (Å²) in [4.78, 5) is 0. The predicted octanol–water partition coefficient (Wildman–Crippen LogP) is 3.16. The molecule has 0 radical (unpaired) electrons. The van der Waals surface area contributed by atoms with Gasteiger partial charge >= 0.3 is 0 Å². The van der Waals surface area contributed by atoms with E-state index in [1.807, 2.05) is 17.9 Å². The van der Waals surface area contributed by atoms with Gasteiger partial charge < -0.3 is 0 Å². The van der Waals surface area contributed by atoms with Crippen LogP contribution in [0.4, 0.5) is 0 Å². The molecule has 3 heteroatoms. The van der Waals surface area contributed by atoms with Crippen LogP contribution in [0, 0.1) is 6.92 Å². The number of hydrogen-bond donors (Lipinski definition) is 0. The summed E-state index contributed by atoms with van der Waals surface area (Å²) in [5.74, 6) is 0. The summed E-state index contributed by atoms with van der Waals surface area (Å²) in [5, 5.41) is 4.19. The number of benzene rings is 1. The first-order chi connectivity index (χ1) is 6.68. The van der Waals surface area contributed by atoms with E-state index in [1.165, 1.54) is 11.1 Å². The molecule has 0 fully saturated rings. The zero-order valence-corrected chi connectivity index (χ0v) is 9.75. The molecular formula is C11H11BrN2. The fourth-order valence-corrected chi connectivity index (χ4v) is 2.10. The standard InChI is InChI=1S/C11H11BrN2/c1-8-4-3-5-9(6-8)11-10(12)7-13-14(11)2/h3-7H,1-2H3. The molecule has 0 aliphatic carbocycles. The van der Waals surface area contributed by atoms with Gasteiger partial charge in [-0.25, -0.2) is 0 Å². The minimum atomic E-state index is 1.03. The van der Waals surface area contributed by atoms with Crippen LogP contribution in [0.5, 0.6) is 0 Å². The van der Waals surface area contributed by atoms with E-state index in [4.69, 9.17) is 0 Å². The summed E-state index contributed by atoms with van der Waals surface area (Å²) in [7, 11) is 1.95. The van der Waals surface area contributed by atoms with E-state index in [9.17, 15) is 0 Å². The lowest BCUT2D eigenvalue weighted by Gasteiger charge is -2.03. The summed E-state index contributed by atoms with van der Waals surface area (Å²) in [6.45, 7) is 2.09. The maximum Gasteiger partial charge on any atom is 0.0821 e. The number of aromatic nitrogens is 2. The molecule has 0 saturated heterocycles. The Morgan fingerprint density at radius 1 is 1.36 bits per heavy atom. The quantitative estimate of drug-likeness (QED) is 0.761. The van der Waals surface area contributed by atoms with Gasteiger partial charge in [0.2, 0.25) is 0 Å². The van der Waals surface area contributed by atoms with E-state index in [2.05, 4.69) is 52.2 Å². The highest BCUT2D eigenvalue weighted by Crippen LogP contribution is 2.27. The molecule has 1 heterocycles. The second-order valence-electron chi connectivity index (χ2n) is 3.33. The molecule has 2 rings (SSSR count). The molecule has 0 aliphatic heterocycles. The molecule has 0 aliphatic rings. The van der Waals surface area contributed by atoms with Gasteiger partial charge in [0.05, 0.1) is 16.4 Å². The lowest BCUT2D eigenvalue weighted by molar-refractivity contribution is 0.775. The van der Waals surface area contributed by atoms with Crippen LogP contribution in [-0.2, 0) is 7.05 Å². The Bertz CT molecular complexity index is 441. The van der Waals surface area contributed by atoms with Crippen LogP contribution in [0.2, 0.25) is 0 Å². The summed E-state index contributed by atoms with van der Waals surface area (Å²) >= 11 is 3.50. The number of halogens is 1. The first kappa shape index (κ1) is 9.46. The molecule has 0 saturated carbocycles. The van der Waals surface area contributed by atoms with E-state index in [-0.39, 0.29) is 0 Å². The molecular weight excluding hydrogens is 240 g/mol. The van der Waals surface area contributed by atoms with Gasteiger partial charge in [0.15, 0.2) is 0 Å². The molecule has 72 valence electrons. The van der Waals surface area contributed by atoms with E-state index in [0.29, 0.717) is 0 Å². The van der Waals surface area contributed by atoms with Crippen molar-refractivity contribution in [3.8, 4) is 11.3 Å². The minimum absolute atomic E-state index is 1.03. The molecule has 2 nitrogen and oxygen atoms in total. The van der Waals surface area contributed by atoms with Crippen molar-refractivity contribution in [3.63, 3.8) is 0 Å². The summed E-state index contributed by atoms with van der Waals surface area (Å²) in [6.07, 6.45) is 1.82. The van der Waals surface area contributed by atoms with Gasteiger partial charge in [-0.1, -0.05) is 23.8 Å². The van der Waals surface area contributed by atoms with Crippen LogP contribution in [0.3, 0.4) is 0 Å². The highest BCUT2D eigenvalue weighted by molar-refractivity contribution is 9.10. The van der Waals surface area contributed by atoms with E-state index < -0.39 is 0 Å². The lowest BCUT2D eigenvalue weighted by Crippen LogP contribution is -1.93. The van der Waals surface area contributed by atoms with Crippen LogP contribution in [-0.4, -0.2) is 9.78 Å². The van der Waals surface area contributed by atoms with Crippen molar-refractivity contribution in [1.82, 2.24) is 9.78 Å². The topological polar surface area (TPSA) is 17.8 Å². The van der Waals surface area contributed by atoms with Crippen LogP contribution < -0.4 is 0 Å². The fraction of sp³-hybridized carbons (Fsp3) is 0.182. The van der Waals surface area contributed by atoms with Crippen LogP contribution >= 0.6 is 15.9 Å². The Balaban J connectivity index is 2.59. The Morgan fingerprint density at radius 2 is 2.14 bits per heavy atom. The molecule has 0 unspecified atom stereocenters. The molecule has 1 aromatic heterocycles. The largest absolute Gasteiger partial charge is 0.267 e. The molecule has 2 aromatic rings. The van der Waals surface area contributed by atoms with Crippen LogP contribution in [0.15, 0.2) is 34.9 Å². The monoisotopic (exact) mass is 250 g/mol. The maximum atomic E-state index is 4.19. The Morgan fingerprint density at radius 3 is 2.71 bits per heavy atom. The lowest BCUT2D eigenvalue weighted by atomic mass is 10.1. The normalized spacial score (nSPS) is 10.5. The van der Waals surface area contributed by atoms with Crippen molar-refractivity contribution in [2.24, 2.45) is 7.05 Å². The highest BCUT2D eigenvalue weighted by atomic mass is 79.9. The second kappa shape index (κ2) is 3.58. The highest BCUT2D eigenvalue weighted by Gasteiger charge is 2.07. The Labute approximate surface area is 91.7 Å². The third-order valence-corrected chi connectivity index (χ3v) is 2.77. The Kier molecular flexibility index (Phi) is 2.42. The van der Waals surface area contributed by atoms with Gasteiger partial charge in [0.25, 0.3) is 0 Å². The van der Waals surface area contributed by atoms with Crippen LogP contribution in [0.25, 0.3) is 11.3 Å². The Hall–Kier alpha value is -1.09. The zero-order chi connectivity index (χ0) is 10.1. The molecule has 0 N–H and O–H groups in total. The molecule has 0 spiro atoms. The maximum absolute atomic E-state index is 4.19. The van der Waals surface area contributed by atoms with E-state index >= 15 is 0 Å². The van der Waals surface area contributed by atoms with Gasteiger partial charge in [-0.2, -0.15) is 5.10 Å². The first-order valence-corrected chi connectivity index (χ1v) is 5.22. The summed E-state index contributed by atoms with van der Waals surface area (Å²) in [6, 6.07) is 8.40. The summed E-state index contributed by atoms with van der Waals surface area (Å²) < 4.78 is 2.91. The molecule has 0 amide bonds. The smallest absolute Gasteiger partial charge is 0.0821 e. The molecule has 0 bridgehead atoms. The third kappa shape index (κ3) is 1.60. The van der Waals surface area contributed by atoms with Crippen molar-refractivity contribution < 1.29 is 0 Å². The van der Waals surface area contributed by atoms with Crippen molar-refractivity contribution in [3.05, 3.63) is 40.5 Å². The average molecular weight is 251 g/mol. The SMILES string of the molecule is Cc1cccc(-c2c(Br)cnn2C)c1. The van der Waals surface area contributed by atoms with Gasteiger partial charge in [-0.05, 0) is 28.9 Å². The third-order valence-electron chi connectivity index (χ3n) is 2.19. The average Bonchev–Trinajstić information content (AvgIpc) is 2.46. The minimum Gasteiger partial charge on any atom is -0.267 e. The van der Waals surface area contributed by atoms with E-state index in [0.717, 1.165) is 10.2 Å². The second-order valence-corrected chi connectivity index (χ2v) is 4.19. The number of nitrogens with zero attached hydrogens (tertiary/aromatic N) is 2. The molecule has 1 aromatic carbocycles. The zero-order valence-electron chi connectivity index (χ0n) is 8.16. The summed E-state index contributed by atoms with van der Waals surface area (Å²) in [5.41, 5.74) is 3.57. The van der Waals surface area contributed by atoms with Crippen molar-refractivity contribution >= 4 is 15.9 Å². The fourth-order valence-electron chi connectivity index (χ4n) is 1.53. The molecule has 0 atom stereocenters. The van der Waals surface area contributed by atoms with Gasteiger partial charge in [-0.3, -0.25) is 4.68 Å². The first-order valence-electron chi connectivity index (χ1n) is 4.43. The predicted molar refractivity (Wildman–Crippen MR) is 61.1 cm³/mol. The molecule has 14 heavy (non-hydrogen) atoms. The van der Waals surface area contributed by atoms with Crippen molar-refractivity contribution in [2.45, 2.75) is 6.92 Å². The van der Waals surface area contributed by atoms with E-state index in [1.54, 1.807) is 0 Å². The number of aryl methyl sites for hydroxylation is 2. The number of hydrogen-bond acceptors (Lipinski definition) is 1. The van der Waals surface area contributed by atoms with Gasteiger partial charge in [0.1, 0.15) is 0 Å².